The Morgan fingerprint density at radius 2 is 1.89 bits per heavy atom. The molecule has 2 nitrogen and oxygen atoms in total. The van der Waals surface area contributed by atoms with Crippen molar-refractivity contribution in [2.45, 2.75) is 38.3 Å². The van der Waals surface area contributed by atoms with E-state index in [0.29, 0.717) is 0 Å². The van der Waals surface area contributed by atoms with Crippen LogP contribution in [-0.2, 0) is 12.1 Å². The zero-order chi connectivity index (χ0) is 13.3. The molecule has 0 atom stereocenters. The zero-order valence-corrected chi connectivity index (χ0v) is 11.8. The maximum Gasteiger partial charge on any atom is 0.117 e. The fourth-order valence-electron chi connectivity index (χ4n) is 2.70. The summed E-state index contributed by atoms with van der Waals surface area (Å²) in [5, 5.41) is 4.45. The van der Waals surface area contributed by atoms with Crippen LogP contribution in [0.2, 0.25) is 5.02 Å². The van der Waals surface area contributed by atoms with Crippen LogP contribution in [0.15, 0.2) is 40.8 Å². The number of hydrogen-bond donors (Lipinski definition) is 1. The summed E-state index contributed by atoms with van der Waals surface area (Å²) in [4.78, 5) is 0. The van der Waals surface area contributed by atoms with Gasteiger partial charge in [0.15, 0.2) is 0 Å². The van der Waals surface area contributed by atoms with E-state index < -0.39 is 0 Å². The molecule has 0 aliphatic heterocycles. The van der Waals surface area contributed by atoms with Crippen molar-refractivity contribution in [2.24, 2.45) is 0 Å². The lowest BCUT2D eigenvalue weighted by Crippen LogP contribution is -2.47. The van der Waals surface area contributed by atoms with Gasteiger partial charge in [0.25, 0.3) is 0 Å². The number of halogens is 1. The molecular weight excluding hydrogens is 258 g/mol. The molecule has 19 heavy (non-hydrogen) atoms. The second-order valence-electron chi connectivity index (χ2n) is 5.31. The molecule has 0 radical (unpaired) electrons. The van der Waals surface area contributed by atoms with Gasteiger partial charge in [-0.15, -0.1) is 0 Å². The summed E-state index contributed by atoms with van der Waals surface area (Å²) >= 11 is 5.96. The van der Waals surface area contributed by atoms with E-state index in [-0.39, 0.29) is 5.54 Å². The molecule has 1 fully saturated rings. The smallest absolute Gasteiger partial charge is 0.117 e. The standard InChI is InChI=1S/C16H18ClNO/c1-12-3-8-15(19-12)11-18-16(9-2-10-16)13-4-6-14(17)7-5-13/h3-8,18H,2,9-11H2,1H3. The van der Waals surface area contributed by atoms with Crippen molar-refractivity contribution in [3.05, 3.63) is 58.5 Å². The Labute approximate surface area is 118 Å². The number of furan rings is 1. The SMILES string of the molecule is Cc1ccc(CNC2(c3ccc(Cl)cc3)CCC2)o1. The molecule has 3 rings (SSSR count). The molecule has 1 aromatic heterocycles. The van der Waals surface area contributed by atoms with Gasteiger partial charge in [0.05, 0.1) is 6.54 Å². The molecule has 2 aromatic rings. The van der Waals surface area contributed by atoms with Crippen molar-refractivity contribution in [3.63, 3.8) is 0 Å². The van der Waals surface area contributed by atoms with Crippen molar-refractivity contribution in [3.8, 4) is 0 Å². The normalized spacial score (nSPS) is 17.2. The first-order valence-electron chi connectivity index (χ1n) is 6.74. The minimum absolute atomic E-state index is 0.102. The van der Waals surface area contributed by atoms with E-state index in [9.17, 15) is 0 Å². The number of aryl methyl sites for hydroxylation is 1. The highest BCUT2D eigenvalue weighted by Gasteiger charge is 2.38. The predicted molar refractivity (Wildman–Crippen MR) is 77.3 cm³/mol. The van der Waals surface area contributed by atoms with Gasteiger partial charge in [-0.2, -0.15) is 0 Å². The number of hydrogen-bond acceptors (Lipinski definition) is 2. The lowest BCUT2D eigenvalue weighted by atomic mass is 9.72. The summed E-state index contributed by atoms with van der Waals surface area (Å²) in [5.41, 5.74) is 1.43. The predicted octanol–water partition coefficient (Wildman–Crippen LogP) is 4.41. The van der Waals surface area contributed by atoms with Gasteiger partial charge in [0.1, 0.15) is 11.5 Å². The fourth-order valence-corrected chi connectivity index (χ4v) is 2.83. The minimum atomic E-state index is 0.102. The Morgan fingerprint density at radius 1 is 1.16 bits per heavy atom. The van der Waals surface area contributed by atoms with E-state index in [1.54, 1.807) is 0 Å². The van der Waals surface area contributed by atoms with Crippen LogP contribution in [0.3, 0.4) is 0 Å². The molecule has 1 aliphatic rings. The van der Waals surface area contributed by atoms with Gasteiger partial charge < -0.3 is 9.73 Å². The maximum atomic E-state index is 5.96. The molecule has 0 amide bonds. The second kappa shape index (κ2) is 5.03. The van der Waals surface area contributed by atoms with E-state index in [0.717, 1.165) is 23.1 Å². The highest BCUT2D eigenvalue weighted by molar-refractivity contribution is 6.30. The molecule has 100 valence electrons. The average molecular weight is 276 g/mol. The average Bonchev–Trinajstić information content (AvgIpc) is 2.76. The summed E-state index contributed by atoms with van der Waals surface area (Å²) in [7, 11) is 0. The third-order valence-corrected chi connectivity index (χ3v) is 4.25. The van der Waals surface area contributed by atoms with E-state index >= 15 is 0 Å². The Bertz CT molecular complexity index is 554. The maximum absolute atomic E-state index is 5.96. The van der Waals surface area contributed by atoms with Crippen molar-refractivity contribution in [1.82, 2.24) is 5.32 Å². The van der Waals surface area contributed by atoms with Crippen LogP contribution in [-0.4, -0.2) is 0 Å². The van der Waals surface area contributed by atoms with Gasteiger partial charge in [-0.3, -0.25) is 0 Å². The van der Waals surface area contributed by atoms with Gasteiger partial charge in [-0.1, -0.05) is 23.7 Å². The zero-order valence-electron chi connectivity index (χ0n) is 11.1. The second-order valence-corrected chi connectivity index (χ2v) is 5.74. The number of rotatable bonds is 4. The summed E-state index contributed by atoms with van der Waals surface area (Å²) in [6.07, 6.45) is 3.62. The third-order valence-electron chi connectivity index (χ3n) is 4.00. The Kier molecular flexibility index (Phi) is 3.38. The quantitative estimate of drug-likeness (QED) is 0.894. The first kappa shape index (κ1) is 12.8. The number of nitrogens with one attached hydrogen (secondary N) is 1. The fraction of sp³-hybridized carbons (Fsp3) is 0.375. The minimum Gasteiger partial charge on any atom is -0.465 e. The van der Waals surface area contributed by atoms with Gasteiger partial charge in [-0.05, 0) is 56.0 Å². The van der Waals surface area contributed by atoms with Crippen LogP contribution < -0.4 is 5.32 Å². The van der Waals surface area contributed by atoms with Crippen LogP contribution in [0, 0.1) is 6.92 Å². The highest BCUT2D eigenvalue weighted by atomic mass is 35.5. The largest absolute Gasteiger partial charge is 0.465 e. The summed E-state index contributed by atoms with van der Waals surface area (Å²) in [6.45, 7) is 2.75. The van der Waals surface area contributed by atoms with E-state index in [2.05, 4.69) is 17.4 Å². The van der Waals surface area contributed by atoms with E-state index in [4.69, 9.17) is 16.0 Å². The molecule has 0 unspecified atom stereocenters. The first-order chi connectivity index (χ1) is 9.18. The van der Waals surface area contributed by atoms with Crippen molar-refractivity contribution < 1.29 is 4.42 Å². The molecule has 1 aliphatic carbocycles. The Hall–Kier alpha value is -1.25. The molecular formula is C16H18ClNO. The van der Waals surface area contributed by atoms with E-state index in [1.807, 2.05) is 31.2 Å². The molecule has 0 saturated heterocycles. The Morgan fingerprint density at radius 3 is 2.42 bits per heavy atom. The van der Waals surface area contributed by atoms with Crippen LogP contribution in [0.1, 0.15) is 36.3 Å². The number of benzene rings is 1. The molecule has 0 spiro atoms. The van der Waals surface area contributed by atoms with Crippen molar-refractivity contribution in [1.29, 1.82) is 0 Å². The molecule has 1 N–H and O–H groups in total. The lowest BCUT2D eigenvalue weighted by molar-refractivity contribution is 0.178. The third kappa shape index (κ3) is 2.56. The molecule has 3 heteroatoms. The Balaban J connectivity index is 1.74. The van der Waals surface area contributed by atoms with Gasteiger partial charge in [-0.25, -0.2) is 0 Å². The van der Waals surface area contributed by atoms with Crippen LogP contribution in [0.4, 0.5) is 0 Å². The van der Waals surface area contributed by atoms with Gasteiger partial charge in [0, 0.05) is 10.6 Å². The van der Waals surface area contributed by atoms with Crippen molar-refractivity contribution >= 4 is 11.6 Å². The van der Waals surface area contributed by atoms with Crippen LogP contribution in [0.25, 0.3) is 0 Å². The molecule has 1 heterocycles. The molecule has 1 saturated carbocycles. The summed E-state index contributed by atoms with van der Waals surface area (Å²) < 4.78 is 5.62. The van der Waals surface area contributed by atoms with Gasteiger partial charge >= 0.3 is 0 Å². The summed E-state index contributed by atoms with van der Waals surface area (Å²) in [5.74, 6) is 1.96. The monoisotopic (exact) mass is 275 g/mol. The van der Waals surface area contributed by atoms with Crippen LogP contribution >= 0.6 is 11.6 Å². The van der Waals surface area contributed by atoms with Gasteiger partial charge in [0.2, 0.25) is 0 Å². The molecule has 0 bridgehead atoms. The topological polar surface area (TPSA) is 25.2 Å². The van der Waals surface area contributed by atoms with Crippen LogP contribution in [0.5, 0.6) is 0 Å². The van der Waals surface area contributed by atoms with E-state index in [1.165, 1.54) is 24.8 Å². The first-order valence-corrected chi connectivity index (χ1v) is 7.12. The highest BCUT2D eigenvalue weighted by Crippen LogP contribution is 2.41. The lowest BCUT2D eigenvalue weighted by Gasteiger charge is -2.43. The molecule has 1 aromatic carbocycles. The summed E-state index contributed by atoms with van der Waals surface area (Å²) in [6, 6.07) is 12.2. The van der Waals surface area contributed by atoms with Crippen molar-refractivity contribution in [2.75, 3.05) is 0 Å².